The van der Waals surface area contributed by atoms with Crippen LogP contribution in [0.5, 0.6) is 0 Å². The second-order valence-electron chi connectivity index (χ2n) is 10.7. The summed E-state index contributed by atoms with van der Waals surface area (Å²) in [5.74, 6) is 0.154. The van der Waals surface area contributed by atoms with Crippen LogP contribution < -0.4 is 0 Å². The van der Waals surface area contributed by atoms with E-state index in [4.69, 9.17) is 0 Å². The zero-order chi connectivity index (χ0) is 21.4. The minimum atomic E-state index is -1.71. The Kier molecular flexibility index (Phi) is 4.14. The lowest BCUT2D eigenvalue weighted by atomic mass is 9.53. The molecule has 0 radical (unpaired) electrons. The fourth-order valence-electron chi connectivity index (χ4n) is 7.34. The van der Waals surface area contributed by atoms with E-state index in [1.54, 1.807) is 6.08 Å². The summed E-state index contributed by atoms with van der Waals surface area (Å²) in [4.78, 5) is 0. The van der Waals surface area contributed by atoms with Gasteiger partial charge in [0.1, 0.15) is 5.60 Å². The second kappa shape index (κ2) is 6.52. The molecule has 3 N–H and O–H groups in total. The van der Waals surface area contributed by atoms with E-state index < -0.39 is 11.3 Å². The fourth-order valence-corrected chi connectivity index (χ4v) is 7.34. The van der Waals surface area contributed by atoms with Gasteiger partial charge >= 0.3 is 0 Å². The van der Waals surface area contributed by atoms with Crippen LogP contribution in [-0.2, 0) is 0 Å². The van der Waals surface area contributed by atoms with Crippen LogP contribution in [0.15, 0.2) is 42.1 Å². The van der Waals surface area contributed by atoms with Gasteiger partial charge in [-0.15, -0.1) is 0 Å². The summed E-state index contributed by atoms with van der Waals surface area (Å²) in [6.45, 7) is 2.22. The van der Waals surface area contributed by atoms with E-state index in [2.05, 4.69) is 41.4 Å². The van der Waals surface area contributed by atoms with Crippen molar-refractivity contribution in [1.82, 2.24) is 10.2 Å². The van der Waals surface area contributed by atoms with Gasteiger partial charge in [-0.3, -0.25) is 5.10 Å². The zero-order valence-electron chi connectivity index (χ0n) is 18.1. The van der Waals surface area contributed by atoms with E-state index in [-0.39, 0.29) is 17.4 Å². The maximum Gasteiger partial charge on any atom is 0.158 e. The molecule has 1 aromatic carbocycles. The summed E-state index contributed by atoms with van der Waals surface area (Å²) in [6.07, 6.45) is 10.7. The van der Waals surface area contributed by atoms with Crippen molar-refractivity contribution < 1.29 is 14.6 Å². The van der Waals surface area contributed by atoms with Gasteiger partial charge in [0, 0.05) is 11.3 Å². The Labute approximate surface area is 182 Å². The zero-order valence-corrected chi connectivity index (χ0v) is 18.1. The Hall–Kier alpha value is -1.98. The van der Waals surface area contributed by atoms with Gasteiger partial charge in [0.2, 0.25) is 0 Å². The molecule has 2 aromatic rings. The van der Waals surface area contributed by atoms with Gasteiger partial charge in [-0.2, -0.15) is 5.10 Å². The Bertz CT molecular complexity index is 1110. The Morgan fingerprint density at radius 1 is 1.16 bits per heavy atom. The molecular formula is C26H31FN2O2. The molecule has 2 saturated carbocycles. The molecule has 5 heteroatoms. The van der Waals surface area contributed by atoms with E-state index in [1.807, 2.05) is 6.20 Å². The van der Waals surface area contributed by atoms with Gasteiger partial charge in [-0.25, -0.2) is 4.39 Å². The maximum absolute atomic E-state index is 16.6. The SMILES string of the molecule is CC12CCC3(F)C=C4CC(O)CCC4CC[C@]3(O)C1CC=C2c1ccc2cn[nH]c2c1. The standard InChI is InChI=1S/C26H31FN2O2/c1-24-10-11-25(27)14-19-12-20(30)5-4-16(19)8-9-26(25,31)23(24)7-6-21(24)17-2-3-18-15-28-29-22(18)13-17/h2-3,6,13-16,20,23,30-31H,4-5,7-12H2,1H3,(H,28,29)/t16?,20?,23?,24?,25?,26-/m0/s1. The molecule has 4 nitrogen and oxygen atoms in total. The lowest BCUT2D eigenvalue weighted by molar-refractivity contribution is -0.172. The van der Waals surface area contributed by atoms with Crippen LogP contribution in [0.3, 0.4) is 0 Å². The number of fused-ring (bicyclic) bond motifs is 5. The van der Waals surface area contributed by atoms with Crippen LogP contribution in [0.25, 0.3) is 16.5 Å². The van der Waals surface area contributed by atoms with E-state index >= 15 is 4.39 Å². The number of allylic oxidation sites excluding steroid dienone is 2. The number of aromatic nitrogens is 2. The van der Waals surface area contributed by atoms with Gasteiger partial charge in [0.25, 0.3) is 0 Å². The number of rotatable bonds is 1. The van der Waals surface area contributed by atoms with Crippen LogP contribution in [0.4, 0.5) is 4.39 Å². The first-order valence-corrected chi connectivity index (χ1v) is 11.8. The van der Waals surface area contributed by atoms with Gasteiger partial charge in [-0.1, -0.05) is 30.7 Å². The Morgan fingerprint density at radius 3 is 2.90 bits per heavy atom. The van der Waals surface area contributed by atoms with Gasteiger partial charge < -0.3 is 10.2 Å². The molecule has 1 aromatic heterocycles. The fraction of sp³-hybridized carbons (Fsp3) is 0.577. The highest BCUT2D eigenvalue weighted by Crippen LogP contribution is 2.65. The number of hydrogen-bond acceptors (Lipinski definition) is 3. The third kappa shape index (κ3) is 2.69. The molecule has 164 valence electrons. The summed E-state index contributed by atoms with van der Waals surface area (Å²) < 4.78 is 16.6. The lowest BCUT2D eigenvalue weighted by Crippen LogP contribution is -2.61. The van der Waals surface area contributed by atoms with Crippen LogP contribution in [0.2, 0.25) is 0 Å². The molecule has 4 aliphatic carbocycles. The molecule has 0 amide bonds. The van der Waals surface area contributed by atoms with E-state index in [9.17, 15) is 10.2 Å². The molecule has 6 rings (SSSR count). The number of aromatic amines is 1. The molecule has 6 atom stereocenters. The minimum absolute atomic E-state index is 0.145. The largest absolute Gasteiger partial charge is 0.393 e. The quantitative estimate of drug-likeness (QED) is 0.561. The van der Waals surface area contributed by atoms with Crippen molar-refractivity contribution in [3.8, 4) is 0 Å². The van der Waals surface area contributed by atoms with E-state index in [0.29, 0.717) is 38.0 Å². The number of hydrogen-bond donors (Lipinski definition) is 3. The summed E-state index contributed by atoms with van der Waals surface area (Å²) in [5.41, 5.74) is 1.07. The molecule has 0 saturated heterocycles. The molecule has 0 aliphatic heterocycles. The molecule has 4 aliphatic rings. The van der Waals surface area contributed by atoms with Crippen molar-refractivity contribution in [1.29, 1.82) is 0 Å². The molecule has 5 unspecified atom stereocenters. The van der Waals surface area contributed by atoms with Crippen molar-refractivity contribution in [3.63, 3.8) is 0 Å². The number of aliphatic hydroxyl groups excluding tert-OH is 1. The van der Waals surface area contributed by atoms with Gasteiger partial charge in [0.15, 0.2) is 5.67 Å². The first-order valence-electron chi connectivity index (χ1n) is 11.8. The molecular weight excluding hydrogens is 391 g/mol. The number of halogens is 1. The smallest absolute Gasteiger partial charge is 0.158 e. The summed E-state index contributed by atoms with van der Waals surface area (Å²) in [6, 6.07) is 6.34. The topological polar surface area (TPSA) is 69.1 Å². The van der Waals surface area contributed by atoms with Crippen molar-refractivity contribution in [3.05, 3.63) is 47.7 Å². The van der Waals surface area contributed by atoms with Crippen molar-refractivity contribution in [2.75, 3.05) is 0 Å². The van der Waals surface area contributed by atoms with Crippen molar-refractivity contribution >= 4 is 16.5 Å². The van der Waals surface area contributed by atoms with Crippen molar-refractivity contribution in [2.24, 2.45) is 17.3 Å². The predicted octanol–water partition coefficient (Wildman–Crippen LogP) is 5.09. The van der Waals surface area contributed by atoms with E-state index in [1.165, 1.54) is 5.57 Å². The van der Waals surface area contributed by atoms with Gasteiger partial charge in [-0.05, 0) is 86.0 Å². The van der Waals surface area contributed by atoms with E-state index in [0.717, 1.165) is 41.3 Å². The number of alkyl halides is 1. The predicted molar refractivity (Wildman–Crippen MR) is 119 cm³/mol. The third-order valence-electron chi connectivity index (χ3n) is 9.13. The number of benzene rings is 1. The highest BCUT2D eigenvalue weighted by Gasteiger charge is 2.65. The molecule has 0 bridgehead atoms. The third-order valence-corrected chi connectivity index (χ3v) is 9.13. The Balaban J connectivity index is 1.38. The maximum atomic E-state index is 16.6. The molecule has 0 spiro atoms. The van der Waals surface area contributed by atoms with Gasteiger partial charge in [0.05, 0.1) is 17.8 Å². The highest BCUT2D eigenvalue weighted by atomic mass is 19.1. The normalized spacial score (nSPS) is 42.3. The average Bonchev–Trinajstić information content (AvgIpc) is 3.32. The monoisotopic (exact) mass is 422 g/mol. The number of H-pyrrole nitrogens is 1. The van der Waals surface area contributed by atoms with Crippen LogP contribution in [0, 0.1) is 17.3 Å². The van der Waals surface area contributed by atoms with Crippen LogP contribution in [0.1, 0.15) is 63.9 Å². The molecule has 31 heavy (non-hydrogen) atoms. The number of nitrogens with one attached hydrogen (secondary N) is 1. The number of nitrogens with zero attached hydrogens (tertiary/aromatic N) is 1. The van der Waals surface area contributed by atoms with Crippen LogP contribution in [-0.4, -0.2) is 37.8 Å². The number of aliphatic hydroxyl groups is 2. The second-order valence-corrected chi connectivity index (χ2v) is 10.7. The highest BCUT2D eigenvalue weighted by molar-refractivity contribution is 5.84. The minimum Gasteiger partial charge on any atom is -0.393 e. The lowest BCUT2D eigenvalue weighted by Gasteiger charge is -2.55. The average molecular weight is 423 g/mol. The summed E-state index contributed by atoms with van der Waals surface area (Å²) >= 11 is 0. The summed E-state index contributed by atoms with van der Waals surface area (Å²) in [5, 5.41) is 30.5. The molecule has 1 heterocycles. The first-order chi connectivity index (χ1) is 14.8. The summed E-state index contributed by atoms with van der Waals surface area (Å²) in [7, 11) is 0. The Morgan fingerprint density at radius 2 is 2.03 bits per heavy atom. The molecule has 2 fully saturated rings. The van der Waals surface area contributed by atoms with Crippen LogP contribution >= 0.6 is 0 Å². The first kappa shape index (κ1) is 19.7. The van der Waals surface area contributed by atoms with Crippen molar-refractivity contribution in [2.45, 2.75) is 75.7 Å².